The molecule has 0 bridgehead atoms. The number of fused-ring (bicyclic) bond motifs is 1. The van der Waals surface area contributed by atoms with Crippen molar-refractivity contribution < 1.29 is 9.53 Å². The van der Waals surface area contributed by atoms with E-state index in [0.29, 0.717) is 33.3 Å². The summed E-state index contributed by atoms with van der Waals surface area (Å²) in [5, 5.41) is 8.01. The number of anilines is 1. The van der Waals surface area contributed by atoms with E-state index in [1.807, 2.05) is 20.8 Å². The summed E-state index contributed by atoms with van der Waals surface area (Å²) < 4.78 is 8.46. The van der Waals surface area contributed by atoms with Crippen LogP contribution in [-0.2, 0) is 16.9 Å². The number of ether oxygens (including phenoxy) is 1. The molecule has 3 rings (SSSR count). The molecule has 154 valence electrons. The number of nitrogens with zero attached hydrogens (tertiary/aromatic N) is 4. The minimum atomic E-state index is -0.296. The Labute approximate surface area is 173 Å². The van der Waals surface area contributed by atoms with Crippen LogP contribution in [0.4, 0.5) is 5.69 Å². The molecule has 0 aliphatic carbocycles. The third-order valence-electron chi connectivity index (χ3n) is 4.51. The molecule has 29 heavy (non-hydrogen) atoms. The van der Waals surface area contributed by atoms with Gasteiger partial charge in [-0.25, -0.2) is 9.67 Å². The van der Waals surface area contributed by atoms with Gasteiger partial charge in [-0.15, -0.1) is 0 Å². The lowest BCUT2D eigenvalue weighted by molar-refractivity contribution is -0.116. The normalized spacial score (nSPS) is 11.7. The van der Waals surface area contributed by atoms with Crippen molar-refractivity contribution in [1.82, 2.24) is 19.3 Å². The molecule has 2 aromatic heterocycles. The second kappa shape index (κ2) is 7.87. The van der Waals surface area contributed by atoms with E-state index in [9.17, 15) is 9.59 Å². The highest BCUT2D eigenvalue weighted by Crippen LogP contribution is 2.27. The number of nitrogens with one attached hydrogen (secondary N) is 1. The summed E-state index contributed by atoms with van der Waals surface area (Å²) >= 11 is 5.99. The molecule has 0 aliphatic rings. The molecule has 8 nitrogen and oxygen atoms in total. The van der Waals surface area contributed by atoms with Crippen molar-refractivity contribution in [2.24, 2.45) is 0 Å². The second-order valence-corrected chi connectivity index (χ2v) is 8.16. The van der Waals surface area contributed by atoms with Crippen molar-refractivity contribution in [2.45, 2.75) is 46.2 Å². The summed E-state index contributed by atoms with van der Waals surface area (Å²) in [6.07, 6.45) is 1.62. The zero-order valence-corrected chi connectivity index (χ0v) is 17.9. The molecule has 0 fully saturated rings. The van der Waals surface area contributed by atoms with Crippen LogP contribution in [0.3, 0.4) is 0 Å². The highest BCUT2D eigenvalue weighted by Gasteiger charge is 2.21. The fraction of sp³-hybridized carbons (Fsp3) is 0.400. The highest BCUT2D eigenvalue weighted by atomic mass is 35.5. The number of benzene rings is 1. The smallest absolute Gasteiger partial charge is 0.264 e. The molecule has 0 unspecified atom stereocenters. The topological polar surface area (TPSA) is 91.0 Å². The van der Waals surface area contributed by atoms with Crippen molar-refractivity contribution in [3.63, 3.8) is 0 Å². The van der Waals surface area contributed by atoms with Gasteiger partial charge in [0.15, 0.2) is 5.65 Å². The monoisotopic (exact) mass is 417 g/mol. The molecule has 0 atom stereocenters. The molecule has 3 aromatic rings. The first-order valence-corrected chi connectivity index (χ1v) is 9.58. The first-order chi connectivity index (χ1) is 13.6. The fourth-order valence-corrected chi connectivity index (χ4v) is 3.24. The number of carbonyl (C=O) groups excluding carboxylic acids is 1. The Bertz CT molecular complexity index is 1130. The van der Waals surface area contributed by atoms with Gasteiger partial charge in [-0.2, -0.15) is 5.10 Å². The van der Waals surface area contributed by atoms with Crippen LogP contribution in [0.2, 0.25) is 5.02 Å². The van der Waals surface area contributed by atoms with E-state index in [1.54, 1.807) is 29.8 Å². The van der Waals surface area contributed by atoms with E-state index in [4.69, 9.17) is 16.3 Å². The van der Waals surface area contributed by atoms with Gasteiger partial charge in [0.05, 0.1) is 24.5 Å². The lowest BCUT2D eigenvalue weighted by atomic mass is 10.1. The summed E-state index contributed by atoms with van der Waals surface area (Å²) in [7, 11) is 1.51. The van der Waals surface area contributed by atoms with Crippen LogP contribution >= 0.6 is 11.6 Å². The average molecular weight is 418 g/mol. The summed E-state index contributed by atoms with van der Waals surface area (Å²) in [5.74, 6) is 0.776. The third-order valence-corrected chi connectivity index (χ3v) is 4.75. The van der Waals surface area contributed by atoms with Crippen LogP contribution in [0.1, 0.15) is 33.0 Å². The Kier molecular flexibility index (Phi) is 5.66. The second-order valence-electron chi connectivity index (χ2n) is 7.72. The van der Waals surface area contributed by atoms with E-state index in [1.165, 1.54) is 17.9 Å². The van der Waals surface area contributed by atoms with Gasteiger partial charge >= 0.3 is 0 Å². The molecule has 0 radical (unpaired) electrons. The van der Waals surface area contributed by atoms with Crippen LogP contribution in [-0.4, -0.2) is 32.3 Å². The fourth-order valence-electron chi connectivity index (χ4n) is 3.06. The molecular formula is C20H24ClN5O3. The van der Waals surface area contributed by atoms with Gasteiger partial charge in [-0.1, -0.05) is 11.6 Å². The maximum atomic E-state index is 12.9. The first-order valence-electron chi connectivity index (χ1n) is 9.21. The zero-order valence-electron chi connectivity index (χ0n) is 17.1. The number of hydrogen-bond donors (Lipinski definition) is 1. The summed E-state index contributed by atoms with van der Waals surface area (Å²) in [4.78, 5) is 29.9. The zero-order chi connectivity index (χ0) is 21.3. The van der Waals surface area contributed by atoms with Crippen LogP contribution in [0.5, 0.6) is 5.75 Å². The van der Waals surface area contributed by atoms with Gasteiger partial charge in [-0.05, 0) is 45.9 Å². The van der Waals surface area contributed by atoms with Gasteiger partial charge in [-0.3, -0.25) is 14.2 Å². The lowest BCUT2D eigenvalue weighted by Crippen LogP contribution is -2.28. The summed E-state index contributed by atoms with van der Waals surface area (Å²) in [6, 6.07) is 4.97. The quantitative estimate of drug-likeness (QED) is 0.687. The van der Waals surface area contributed by atoms with Gasteiger partial charge in [0.1, 0.15) is 17.0 Å². The molecule has 9 heteroatoms. The summed E-state index contributed by atoms with van der Waals surface area (Å²) in [5.41, 5.74) is 0.519. The molecule has 0 aliphatic heterocycles. The number of rotatable bonds is 5. The maximum Gasteiger partial charge on any atom is 0.264 e. The van der Waals surface area contributed by atoms with Crippen molar-refractivity contribution >= 4 is 34.2 Å². The number of amides is 1. The molecule has 1 aromatic carbocycles. The van der Waals surface area contributed by atoms with E-state index in [0.717, 1.165) is 0 Å². The number of carbonyl (C=O) groups is 1. The number of hydrogen-bond acceptors (Lipinski definition) is 5. The Balaban J connectivity index is 1.82. The van der Waals surface area contributed by atoms with Gasteiger partial charge in [0.25, 0.3) is 5.56 Å². The predicted octanol–water partition coefficient (Wildman–Crippen LogP) is 3.35. The van der Waals surface area contributed by atoms with E-state index in [-0.39, 0.29) is 30.0 Å². The molecule has 1 amide bonds. The van der Waals surface area contributed by atoms with Crippen molar-refractivity contribution in [1.29, 1.82) is 0 Å². The maximum absolute atomic E-state index is 12.9. The average Bonchev–Trinajstić information content (AvgIpc) is 3.06. The van der Waals surface area contributed by atoms with E-state index < -0.39 is 0 Å². The Hall–Kier alpha value is -2.87. The molecule has 0 saturated carbocycles. The standard InChI is InChI=1S/C20H24ClN5O3/c1-12-23-18-14(11-22-26(18)20(2,3)4)19(28)25(12)9-8-17(27)24-15-10-13(21)6-7-16(15)29-5/h6-7,10-11H,8-9H2,1-5H3,(H,24,27). The van der Waals surface area contributed by atoms with Crippen molar-refractivity contribution in [2.75, 3.05) is 12.4 Å². The van der Waals surface area contributed by atoms with Crippen molar-refractivity contribution in [3.05, 3.63) is 45.6 Å². The Morgan fingerprint density at radius 2 is 2.03 bits per heavy atom. The Morgan fingerprint density at radius 1 is 1.31 bits per heavy atom. The SMILES string of the molecule is COc1ccc(Cl)cc1NC(=O)CCn1c(C)nc2c(cnn2C(C)(C)C)c1=O. The molecular weight excluding hydrogens is 394 g/mol. The molecule has 1 N–H and O–H groups in total. The third kappa shape index (κ3) is 4.27. The van der Waals surface area contributed by atoms with Gasteiger partial charge < -0.3 is 10.1 Å². The lowest BCUT2D eigenvalue weighted by Gasteiger charge is -2.20. The minimum absolute atomic E-state index is 0.0943. The minimum Gasteiger partial charge on any atom is -0.495 e. The van der Waals surface area contributed by atoms with Crippen molar-refractivity contribution in [3.8, 4) is 5.75 Å². The highest BCUT2D eigenvalue weighted by molar-refractivity contribution is 6.31. The van der Waals surface area contributed by atoms with Crippen LogP contribution in [0.25, 0.3) is 11.0 Å². The molecule has 0 spiro atoms. The largest absolute Gasteiger partial charge is 0.495 e. The van der Waals surface area contributed by atoms with Crippen LogP contribution in [0, 0.1) is 6.92 Å². The van der Waals surface area contributed by atoms with Crippen LogP contribution < -0.4 is 15.6 Å². The van der Waals surface area contributed by atoms with Gasteiger partial charge in [0, 0.05) is 18.0 Å². The van der Waals surface area contributed by atoms with Gasteiger partial charge in [0.2, 0.25) is 5.91 Å². The number of aryl methyl sites for hydroxylation is 1. The number of aromatic nitrogens is 4. The van der Waals surface area contributed by atoms with E-state index >= 15 is 0 Å². The first kappa shape index (κ1) is 20.9. The molecule has 2 heterocycles. The summed E-state index contributed by atoms with van der Waals surface area (Å²) in [6.45, 7) is 7.94. The molecule has 0 saturated heterocycles. The Morgan fingerprint density at radius 3 is 2.69 bits per heavy atom. The predicted molar refractivity (Wildman–Crippen MR) is 113 cm³/mol. The van der Waals surface area contributed by atoms with E-state index in [2.05, 4.69) is 15.4 Å². The number of methoxy groups -OCH3 is 1. The number of halogens is 1. The van der Waals surface area contributed by atoms with Crippen LogP contribution in [0.15, 0.2) is 29.2 Å².